The molecule has 2 aromatic rings. The normalized spacial score (nSPS) is 12.5. The second-order valence-corrected chi connectivity index (χ2v) is 3.80. The molecule has 2 rings (SSSR count). The number of rotatable bonds is 6. The molecule has 0 saturated carbocycles. The minimum atomic E-state index is -0.466. The van der Waals surface area contributed by atoms with Crippen molar-refractivity contribution in [2.24, 2.45) is 0 Å². The van der Waals surface area contributed by atoms with Gasteiger partial charge in [0.05, 0.1) is 18.8 Å². The molecule has 2 N–H and O–H groups in total. The molecular formula is C12H16N4O. The Bertz CT molecular complexity index is 415. The van der Waals surface area contributed by atoms with E-state index in [4.69, 9.17) is 0 Å². The average molecular weight is 232 g/mol. The fourth-order valence-corrected chi connectivity index (χ4v) is 1.58. The van der Waals surface area contributed by atoms with Gasteiger partial charge in [0.1, 0.15) is 0 Å². The van der Waals surface area contributed by atoms with Crippen LogP contribution < -0.4 is 5.32 Å². The van der Waals surface area contributed by atoms with E-state index in [0.717, 1.165) is 18.7 Å². The first kappa shape index (κ1) is 11.8. The standard InChI is InChI=1S/C12H16N4O/c17-12(11-4-2-1-3-5-11)10-13-6-8-16-9-7-14-15-16/h1-5,7,9,12-13,17H,6,8,10H2. The molecule has 0 radical (unpaired) electrons. The summed E-state index contributed by atoms with van der Waals surface area (Å²) in [5.74, 6) is 0. The van der Waals surface area contributed by atoms with Crippen molar-refractivity contribution < 1.29 is 5.11 Å². The van der Waals surface area contributed by atoms with Gasteiger partial charge in [-0.1, -0.05) is 35.5 Å². The summed E-state index contributed by atoms with van der Waals surface area (Å²) in [7, 11) is 0. The number of aromatic nitrogens is 3. The maximum atomic E-state index is 9.88. The van der Waals surface area contributed by atoms with E-state index in [1.54, 1.807) is 10.9 Å². The van der Waals surface area contributed by atoms with Crippen molar-refractivity contribution in [3.8, 4) is 0 Å². The molecule has 5 heteroatoms. The van der Waals surface area contributed by atoms with Gasteiger partial charge in [-0.2, -0.15) is 0 Å². The van der Waals surface area contributed by atoms with Crippen molar-refractivity contribution in [3.63, 3.8) is 0 Å². The van der Waals surface area contributed by atoms with Crippen LogP contribution in [0, 0.1) is 0 Å². The molecule has 0 spiro atoms. The summed E-state index contributed by atoms with van der Waals surface area (Å²) in [5.41, 5.74) is 0.931. The molecule has 5 nitrogen and oxygen atoms in total. The fraction of sp³-hybridized carbons (Fsp3) is 0.333. The molecule has 0 saturated heterocycles. The van der Waals surface area contributed by atoms with Gasteiger partial charge in [0.25, 0.3) is 0 Å². The van der Waals surface area contributed by atoms with Crippen molar-refractivity contribution in [2.45, 2.75) is 12.6 Å². The van der Waals surface area contributed by atoms with Crippen LogP contribution in [0.1, 0.15) is 11.7 Å². The highest BCUT2D eigenvalue weighted by Gasteiger charge is 2.05. The first-order valence-corrected chi connectivity index (χ1v) is 5.64. The van der Waals surface area contributed by atoms with Gasteiger partial charge >= 0.3 is 0 Å². The van der Waals surface area contributed by atoms with Crippen LogP contribution in [0.5, 0.6) is 0 Å². The number of aliphatic hydroxyl groups is 1. The van der Waals surface area contributed by atoms with Gasteiger partial charge in [0.2, 0.25) is 0 Å². The number of nitrogens with one attached hydrogen (secondary N) is 1. The fourth-order valence-electron chi connectivity index (χ4n) is 1.58. The molecule has 0 fully saturated rings. The average Bonchev–Trinajstić information content (AvgIpc) is 2.88. The van der Waals surface area contributed by atoms with Gasteiger partial charge in [-0.3, -0.25) is 4.68 Å². The first-order valence-electron chi connectivity index (χ1n) is 5.64. The van der Waals surface area contributed by atoms with E-state index < -0.39 is 6.10 Å². The second kappa shape index (κ2) is 6.12. The summed E-state index contributed by atoms with van der Waals surface area (Å²) in [5, 5.41) is 20.6. The first-order chi connectivity index (χ1) is 8.36. The highest BCUT2D eigenvalue weighted by molar-refractivity contribution is 5.17. The van der Waals surface area contributed by atoms with E-state index in [1.807, 2.05) is 36.5 Å². The Labute approximate surface area is 100 Å². The van der Waals surface area contributed by atoms with E-state index in [2.05, 4.69) is 15.6 Å². The highest BCUT2D eigenvalue weighted by Crippen LogP contribution is 2.10. The van der Waals surface area contributed by atoms with Crippen molar-refractivity contribution in [3.05, 3.63) is 48.3 Å². The molecule has 1 aromatic carbocycles. The molecule has 0 amide bonds. The number of hydrogen-bond acceptors (Lipinski definition) is 4. The molecule has 1 heterocycles. The third kappa shape index (κ3) is 3.65. The Hall–Kier alpha value is -1.72. The Morgan fingerprint density at radius 1 is 1.29 bits per heavy atom. The number of benzene rings is 1. The summed E-state index contributed by atoms with van der Waals surface area (Å²) < 4.78 is 1.75. The van der Waals surface area contributed by atoms with Gasteiger partial charge in [-0.25, -0.2) is 0 Å². The third-order valence-electron chi connectivity index (χ3n) is 2.51. The minimum Gasteiger partial charge on any atom is -0.387 e. The van der Waals surface area contributed by atoms with Crippen molar-refractivity contribution in [1.82, 2.24) is 20.3 Å². The molecule has 1 unspecified atom stereocenters. The Morgan fingerprint density at radius 2 is 2.12 bits per heavy atom. The van der Waals surface area contributed by atoms with E-state index in [0.29, 0.717) is 6.54 Å². The van der Waals surface area contributed by atoms with E-state index in [9.17, 15) is 5.11 Å². The minimum absolute atomic E-state index is 0.466. The van der Waals surface area contributed by atoms with Crippen LogP contribution in [-0.4, -0.2) is 33.2 Å². The van der Waals surface area contributed by atoms with Crippen LogP contribution in [0.2, 0.25) is 0 Å². The topological polar surface area (TPSA) is 63.0 Å². The lowest BCUT2D eigenvalue weighted by Gasteiger charge is -2.11. The zero-order chi connectivity index (χ0) is 11.9. The van der Waals surface area contributed by atoms with Gasteiger partial charge in [0, 0.05) is 19.3 Å². The Kier molecular flexibility index (Phi) is 4.23. The molecule has 1 aromatic heterocycles. The van der Waals surface area contributed by atoms with Crippen LogP contribution in [0.3, 0.4) is 0 Å². The van der Waals surface area contributed by atoms with Crippen molar-refractivity contribution in [2.75, 3.05) is 13.1 Å². The maximum absolute atomic E-state index is 9.88. The maximum Gasteiger partial charge on any atom is 0.0914 e. The molecule has 1 atom stereocenters. The van der Waals surface area contributed by atoms with E-state index in [-0.39, 0.29) is 0 Å². The summed E-state index contributed by atoms with van der Waals surface area (Å²) in [6.45, 7) is 2.05. The lowest BCUT2D eigenvalue weighted by atomic mass is 10.1. The molecule has 90 valence electrons. The van der Waals surface area contributed by atoms with Crippen LogP contribution in [0.15, 0.2) is 42.7 Å². The second-order valence-electron chi connectivity index (χ2n) is 3.80. The predicted molar refractivity (Wildman–Crippen MR) is 64.3 cm³/mol. The van der Waals surface area contributed by atoms with Crippen LogP contribution in [0.4, 0.5) is 0 Å². The highest BCUT2D eigenvalue weighted by atomic mass is 16.3. The summed E-state index contributed by atoms with van der Waals surface area (Å²) >= 11 is 0. The van der Waals surface area contributed by atoms with E-state index in [1.165, 1.54) is 0 Å². The monoisotopic (exact) mass is 232 g/mol. The number of nitrogens with zero attached hydrogens (tertiary/aromatic N) is 3. The summed E-state index contributed by atoms with van der Waals surface area (Å²) in [6.07, 6.45) is 3.00. The summed E-state index contributed by atoms with van der Waals surface area (Å²) in [4.78, 5) is 0. The van der Waals surface area contributed by atoms with Gasteiger partial charge < -0.3 is 10.4 Å². The van der Waals surface area contributed by atoms with Crippen molar-refractivity contribution in [1.29, 1.82) is 0 Å². The van der Waals surface area contributed by atoms with Gasteiger partial charge in [0.15, 0.2) is 0 Å². The molecule has 0 bridgehead atoms. The lowest BCUT2D eigenvalue weighted by molar-refractivity contribution is 0.174. The quantitative estimate of drug-likeness (QED) is 0.716. The largest absolute Gasteiger partial charge is 0.387 e. The number of aliphatic hydroxyl groups excluding tert-OH is 1. The molecule has 0 aliphatic heterocycles. The van der Waals surface area contributed by atoms with E-state index >= 15 is 0 Å². The van der Waals surface area contributed by atoms with Crippen molar-refractivity contribution >= 4 is 0 Å². The zero-order valence-electron chi connectivity index (χ0n) is 9.53. The Balaban J connectivity index is 1.68. The molecule has 17 heavy (non-hydrogen) atoms. The van der Waals surface area contributed by atoms with Gasteiger partial charge in [-0.05, 0) is 5.56 Å². The predicted octanol–water partition coefficient (Wildman–Crippen LogP) is 0.601. The van der Waals surface area contributed by atoms with Crippen LogP contribution in [0.25, 0.3) is 0 Å². The SMILES string of the molecule is OC(CNCCn1ccnn1)c1ccccc1. The summed E-state index contributed by atoms with van der Waals surface area (Å²) in [6, 6.07) is 9.63. The van der Waals surface area contributed by atoms with Crippen LogP contribution >= 0.6 is 0 Å². The Morgan fingerprint density at radius 3 is 2.82 bits per heavy atom. The molecule has 0 aliphatic rings. The molecule has 0 aliphatic carbocycles. The van der Waals surface area contributed by atoms with Gasteiger partial charge in [-0.15, -0.1) is 5.10 Å². The third-order valence-corrected chi connectivity index (χ3v) is 2.51. The van der Waals surface area contributed by atoms with Crippen LogP contribution in [-0.2, 0) is 6.54 Å². The zero-order valence-corrected chi connectivity index (χ0v) is 9.53. The lowest BCUT2D eigenvalue weighted by Crippen LogP contribution is -2.25. The molecular weight excluding hydrogens is 216 g/mol. The smallest absolute Gasteiger partial charge is 0.0914 e. The number of hydrogen-bond donors (Lipinski definition) is 2.